The molecule has 1 saturated heterocycles. The van der Waals surface area contributed by atoms with Gasteiger partial charge in [-0.05, 0) is 31.9 Å². The Morgan fingerprint density at radius 1 is 1.27 bits per heavy atom. The van der Waals surface area contributed by atoms with Crippen molar-refractivity contribution < 1.29 is 22.4 Å². The van der Waals surface area contributed by atoms with Crippen LogP contribution in [-0.4, -0.2) is 45.2 Å². The van der Waals surface area contributed by atoms with Crippen molar-refractivity contribution in [3.63, 3.8) is 0 Å². The van der Waals surface area contributed by atoms with Gasteiger partial charge in [0, 0.05) is 31.3 Å². The maximum atomic E-state index is 13.0. The number of hydrogen-bond acceptors (Lipinski definition) is 6. The topological polar surface area (TPSA) is 99.9 Å². The smallest absolute Gasteiger partial charge is 0.433 e. The Kier molecular flexibility index (Phi) is 5.18. The number of aromatic amines is 1. The second kappa shape index (κ2) is 7.81. The highest BCUT2D eigenvalue weighted by Crippen LogP contribution is 2.30. The minimum Gasteiger partial charge on any atom is -0.463 e. The molecular formula is C19H19F3N6O2. The van der Waals surface area contributed by atoms with Crippen molar-refractivity contribution >= 4 is 11.7 Å². The van der Waals surface area contributed by atoms with Crippen LogP contribution in [0.1, 0.15) is 34.8 Å². The van der Waals surface area contributed by atoms with Gasteiger partial charge in [-0.3, -0.25) is 9.89 Å². The van der Waals surface area contributed by atoms with Gasteiger partial charge in [0.2, 0.25) is 0 Å². The number of amides is 1. The van der Waals surface area contributed by atoms with Gasteiger partial charge in [-0.15, -0.1) is 0 Å². The monoisotopic (exact) mass is 420 g/mol. The van der Waals surface area contributed by atoms with E-state index >= 15 is 0 Å². The van der Waals surface area contributed by atoms with Gasteiger partial charge in [0.1, 0.15) is 23.0 Å². The average molecular weight is 420 g/mol. The van der Waals surface area contributed by atoms with Gasteiger partial charge in [-0.25, -0.2) is 9.97 Å². The van der Waals surface area contributed by atoms with Gasteiger partial charge in [0.25, 0.3) is 5.91 Å². The lowest BCUT2D eigenvalue weighted by atomic mass is 10.0. The molecule has 0 unspecified atom stereocenters. The largest absolute Gasteiger partial charge is 0.463 e. The lowest BCUT2D eigenvalue weighted by Gasteiger charge is -2.33. The van der Waals surface area contributed by atoms with E-state index in [1.54, 1.807) is 23.1 Å². The number of aromatic nitrogens is 4. The summed E-state index contributed by atoms with van der Waals surface area (Å²) in [6.45, 7) is 2.38. The van der Waals surface area contributed by atoms with Crippen LogP contribution in [0.5, 0.6) is 0 Å². The number of carbonyl (C=O) groups is 1. The molecule has 1 amide bonds. The standard InChI is InChI=1S/C19H19F3N6O2/c1-11-23-16(19(20,21)22)10-17(24-11)28-6-4-12(5-7-28)25-18(29)14-9-13(26-27-14)15-3-2-8-30-15/h2-3,8-10,12H,4-7H2,1H3,(H,25,29)(H,26,27). The average Bonchev–Trinajstić information content (AvgIpc) is 3.39. The Morgan fingerprint density at radius 3 is 2.70 bits per heavy atom. The van der Waals surface area contributed by atoms with Crippen LogP contribution in [0, 0.1) is 6.92 Å². The zero-order valence-corrected chi connectivity index (χ0v) is 16.0. The molecule has 30 heavy (non-hydrogen) atoms. The van der Waals surface area contributed by atoms with Crippen molar-refractivity contribution in [2.45, 2.75) is 32.0 Å². The van der Waals surface area contributed by atoms with Gasteiger partial charge in [-0.2, -0.15) is 18.3 Å². The molecule has 0 atom stereocenters. The molecule has 4 heterocycles. The van der Waals surface area contributed by atoms with Crippen LogP contribution in [0.2, 0.25) is 0 Å². The van der Waals surface area contributed by atoms with E-state index in [-0.39, 0.29) is 29.3 Å². The number of alkyl halides is 3. The molecule has 3 aromatic rings. The number of aryl methyl sites for hydroxylation is 1. The summed E-state index contributed by atoms with van der Waals surface area (Å²) in [5, 5.41) is 9.69. The molecule has 11 heteroatoms. The number of H-pyrrole nitrogens is 1. The molecule has 1 aliphatic heterocycles. The van der Waals surface area contributed by atoms with Gasteiger partial charge in [-0.1, -0.05) is 0 Å². The molecule has 0 aliphatic carbocycles. The molecule has 0 spiro atoms. The third kappa shape index (κ3) is 4.29. The molecule has 3 aromatic heterocycles. The first-order chi connectivity index (χ1) is 14.3. The highest BCUT2D eigenvalue weighted by atomic mass is 19.4. The summed E-state index contributed by atoms with van der Waals surface area (Å²) in [6.07, 6.45) is -1.84. The van der Waals surface area contributed by atoms with Crippen molar-refractivity contribution in [3.05, 3.63) is 47.7 Å². The van der Waals surface area contributed by atoms with Crippen LogP contribution in [-0.2, 0) is 6.18 Å². The van der Waals surface area contributed by atoms with Gasteiger partial charge >= 0.3 is 6.18 Å². The minimum absolute atomic E-state index is 0.0705. The molecule has 4 rings (SSSR count). The number of nitrogens with one attached hydrogen (secondary N) is 2. The number of halogens is 3. The van der Waals surface area contributed by atoms with E-state index in [4.69, 9.17) is 4.42 Å². The summed E-state index contributed by atoms with van der Waals surface area (Å²) >= 11 is 0. The maximum Gasteiger partial charge on any atom is 0.433 e. The van der Waals surface area contributed by atoms with Crippen molar-refractivity contribution in [1.29, 1.82) is 0 Å². The maximum absolute atomic E-state index is 13.0. The Morgan fingerprint density at radius 2 is 2.03 bits per heavy atom. The molecular weight excluding hydrogens is 401 g/mol. The quantitative estimate of drug-likeness (QED) is 0.673. The normalized spacial score (nSPS) is 15.4. The molecule has 8 nitrogen and oxygen atoms in total. The van der Waals surface area contributed by atoms with Gasteiger partial charge < -0.3 is 14.6 Å². The van der Waals surface area contributed by atoms with E-state index in [0.29, 0.717) is 37.4 Å². The first-order valence-corrected chi connectivity index (χ1v) is 9.37. The van der Waals surface area contributed by atoms with Crippen LogP contribution in [0.4, 0.5) is 19.0 Å². The van der Waals surface area contributed by atoms with E-state index in [1.165, 1.54) is 13.2 Å². The van der Waals surface area contributed by atoms with Crippen molar-refractivity contribution in [2.24, 2.45) is 0 Å². The van der Waals surface area contributed by atoms with Gasteiger partial charge in [0.05, 0.1) is 6.26 Å². The fourth-order valence-corrected chi connectivity index (χ4v) is 3.37. The number of furan rings is 1. The lowest BCUT2D eigenvalue weighted by molar-refractivity contribution is -0.141. The second-order valence-electron chi connectivity index (χ2n) is 7.04. The highest BCUT2D eigenvalue weighted by molar-refractivity contribution is 5.93. The zero-order chi connectivity index (χ0) is 21.3. The Labute approximate surface area is 169 Å². The molecule has 0 saturated carbocycles. The SMILES string of the molecule is Cc1nc(N2CCC(NC(=O)c3cc(-c4ccco4)[nH]n3)CC2)cc(C(F)(F)F)n1. The summed E-state index contributed by atoms with van der Waals surface area (Å²) in [4.78, 5) is 21.8. The molecule has 158 valence electrons. The number of anilines is 1. The van der Waals surface area contributed by atoms with Crippen molar-refractivity contribution in [2.75, 3.05) is 18.0 Å². The van der Waals surface area contributed by atoms with Crippen molar-refractivity contribution in [1.82, 2.24) is 25.5 Å². The van der Waals surface area contributed by atoms with Crippen LogP contribution < -0.4 is 10.2 Å². The fraction of sp³-hybridized carbons (Fsp3) is 0.368. The molecule has 0 bridgehead atoms. The Hall–Kier alpha value is -3.37. The number of rotatable bonds is 4. The van der Waals surface area contributed by atoms with Crippen molar-refractivity contribution in [3.8, 4) is 11.5 Å². The van der Waals surface area contributed by atoms with Crippen LogP contribution in [0.25, 0.3) is 11.5 Å². The van der Waals surface area contributed by atoms with E-state index in [2.05, 4.69) is 25.5 Å². The number of carbonyl (C=O) groups excluding carboxylic acids is 1. The molecule has 1 fully saturated rings. The predicted octanol–water partition coefficient (Wildman–Crippen LogP) is 3.19. The Bertz CT molecular complexity index is 1020. The molecule has 0 aromatic carbocycles. The summed E-state index contributed by atoms with van der Waals surface area (Å²) in [5.74, 6) is 0.573. The highest BCUT2D eigenvalue weighted by Gasteiger charge is 2.34. The first-order valence-electron chi connectivity index (χ1n) is 9.37. The zero-order valence-electron chi connectivity index (χ0n) is 16.0. The summed E-state index contributed by atoms with van der Waals surface area (Å²) in [5.41, 5.74) is -0.115. The second-order valence-corrected chi connectivity index (χ2v) is 7.04. The summed E-state index contributed by atoms with van der Waals surface area (Å²) in [7, 11) is 0. The first kappa shape index (κ1) is 19.9. The number of hydrogen-bond donors (Lipinski definition) is 2. The van der Waals surface area contributed by atoms with Gasteiger partial charge in [0.15, 0.2) is 11.5 Å². The third-order valence-corrected chi connectivity index (χ3v) is 4.87. The van der Waals surface area contributed by atoms with Crippen LogP contribution >= 0.6 is 0 Å². The molecule has 1 aliphatic rings. The van der Waals surface area contributed by atoms with Crippen LogP contribution in [0.15, 0.2) is 34.9 Å². The summed E-state index contributed by atoms with van der Waals surface area (Å²) < 4.78 is 44.3. The van der Waals surface area contributed by atoms with E-state index < -0.39 is 11.9 Å². The number of nitrogens with zero attached hydrogens (tertiary/aromatic N) is 4. The van der Waals surface area contributed by atoms with E-state index in [1.807, 2.05) is 0 Å². The van der Waals surface area contributed by atoms with E-state index in [9.17, 15) is 18.0 Å². The van der Waals surface area contributed by atoms with Crippen LogP contribution in [0.3, 0.4) is 0 Å². The molecule has 0 radical (unpaired) electrons. The third-order valence-electron chi connectivity index (χ3n) is 4.87. The summed E-state index contributed by atoms with van der Waals surface area (Å²) in [6, 6.07) is 5.95. The fourth-order valence-electron chi connectivity index (χ4n) is 3.37. The van der Waals surface area contributed by atoms with E-state index in [0.717, 1.165) is 6.07 Å². The number of piperidine rings is 1. The Balaban J connectivity index is 1.36. The minimum atomic E-state index is -4.52. The lowest BCUT2D eigenvalue weighted by Crippen LogP contribution is -2.45. The molecule has 2 N–H and O–H groups in total. The predicted molar refractivity (Wildman–Crippen MR) is 101 cm³/mol.